The first kappa shape index (κ1) is 16.7. The lowest BCUT2D eigenvalue weighted by molar-refractivity contribution is -0.00777. The lowest BCUT2D eigenvalue weighted by Gasteiger charge is -2.38. The fourth-order valence-corrected chi connectivity index (χ4v) is 3.16. The third kappa shape index (κ3) is 4.67. The Labute approximate surface area is 132 Å². The van der Waals surface area contributed by atoms with E-state index in [0.717, 1.165) is 32.5 Å². The Balaban J connectivity index is 2.10. The molecule has 1 aliphatic heterocycles. The average Bonchev–Trinajstić information content (AvgIpc) is 2.44. The van der Waals surface area contributed by atoms with Gasteiger partial charge in [0.2, 0.25) is 0 Å². The molecule has 118 valence electrons. The number of benzene rings is 1. The smallest absolute Gasteiger partial charge is 0.144 e. The summed E-state index contributed by atoms with van der Waals surface area (Å²) in [6.45, 7) is 7.70. The Kier molecular flexibility index (Phi) is 6.03. The second-order valence-electron chi connectivity index (χ2n) is 6.57. The van der Waals surface area contributed by atoms with Gasteiger partial charge in [0.05, 0.1) is 11.6 Å². The average molecular weight is 314 g/mol. The molecule has 1 saturated heterocycles. The SMILES string of the molecule is CC(C)CNCC1(Cc2cccc(Cl)c2F)CCCOC1. The monoisotopic (exact) mass is 313 g/mol. The van der Waals surface area contributed by atoms with Crippen LogP contribution in [-0.4, -0.2) is 26.3 Å². The van der Waals surface area contributed by atoms with Crippen molar-refractivity contribution < 1.29 is 9.13 Å². The standard InChI is InChI=1S/C17H25ClFNO/c1-13(2)10-20-11-17(7-4-8-21-12-17)9-14-5-3-6-15(18)16(14)19/h3,5-6,13,20H,4,7-12H2,1-2H3. The summed E-state index contributed by atoms with van der Waals surface area (Å²) in [5, 5.41) is 3.72. The highest BCUT2D eigenvalue weighted by molar-refractivity contribution is 6.30. The number of nitrogens with one attached hydrogen (secondary N) is 1. The summed E-state index contributed by atoms with van der Waals surface area (Å²) in [5.74, 6) is 0.322. The first-order valence-corrected chi connectivity index (χ1v) is 8.12. The number of hydrogen-bond donors (Lipinski definition) is 1. The van der Waals surface area contributed by atoms with Gasteiger partial charge in [-0.05, 0) is 43.4 Å². The molecule has 0 saturated carbocycles. The van der Waals surface area contributed by atoms with Gasteiger partial charge in [-0.2, -0.15) is 0 Å². The number of hydrogen-bond acceptors (Lipinski definition) is 2. The molecule has 1 fully saturated rings. The van der Waals surface area contributed by atoms with E-state index in [4.69, 9.17) is 16.3 Å². The van der Waals surface area contributed by atoms with Gasteiger partial charge in [0.1, 0.15) is 5.82 Å². The molecule has 1 aromatic carbocycles. The number of halogens is 2. The van der Waals surface area contributed by atoms with E-state index in [1.807, 2.05) is 12.1 Å². The summed E-state index contributed by atoms with van der Waals surface area (Å²) in [5.41, 5.74) is 0.665. The van der Waals surface area contributed by atoms with Gasteiger partial charge in [-0.25, -0.2) is 4.39 Å². The Hall–Kier alpha value is -0.640. The van der Waals surface area contributed by atoms with Gasteiger partial charge >= 0.3 is 0 Å². The maximum atomic E-state index is 14.2. The molecular formula is C17H25ClFNO. The van der Waals surface area contributed by atoms with Crippen molar-refractivity contribution in [2.75, 3.05) is 26.3 Å². The van der Waals surface area contributed by atoms with Crippen LogP contribution in [0.15, 0.2) is 18.2 Å². The summed E-state index contributed by atoms with van der Waals surface area (Å²) < 4.78 is 19.9. The predicted molar refractivity (Wildman–Crippen MR) is 85.3 cm³/mol. The zero-order valence-electron chi connectivity index (χ0n) is 12.9. The lowest BCUT2D eigenvalue weighted by atomic mass is 9.77. The Morgan fingerprint density at radius 3 is 2.90 bits per heavy atom. The second kappa shape index (κ2) is 7.57. The van der Waals surface area contributed by atoms with Gasteiger partial charge in [0.25, 0.3) is 0 Å². The largest absolute Gasteiger partial charge is 0.381 e. The van der Waals surface area contributed by atoms with Crippen LogP contribution in [0.5, 0.6) is 0 Å². The molecular weight excluding hydrogens is 289 g/mol. The van der Waals surface area contributed by atoms with Crippen LogP contribution in [0.2, 0.25) is 5.02 Å². The third-order valence-corrected chi connectivity index (χ3v) is 4.35. The topological polar surface area (TPSA) is 21.3 Å². The van der Waals surface area contributed by atoms with Crippen LogP contribution in [0.1, 0.15) is 32.3 Å². The van der Waals surface area contributed by atoms with Crippen molar-refractivity contribution in [2.45, 2.75) is 33.1 Å². The number of rotatable bonds is 6. The minimum absolute atomic E-state index is 0.0291. The lowest BCUT2D eigenvalue weighted by Crippen LogP contribution is -2.43. The molecule has 0 bridgehead atoms. The van der Waals surface area contributed by atoms with Gasteiger partial charge in [0, 0.05) is 18.6 Å². The molecule has 0 spiro atoms. The molecule has 2 rings (SSSR count). The van der Waals surface area contributed by atoms with Crippen LogP contribution in [0.3, 0.4) is 0 Å². The van der Waals surface area contributed by atoms with Crippen LogP contribution >= 0.6 is 11.6 Å². The summed E-state index contributed by atoms with van der Waals surface area (Å²) in [6.07, 6.45) is 2.76. The molecule has 1 unspecified atom stereocenters. The minimum Gasteiger partial charge on any atom is -0.381 e. The first-order valence-electron chi connectivity index (χ1n) is 7.74. The minimum atomic E-state index is -0.284. The van der Waals surface area contributed by atoms with Crippen molar-refractivity contribution in [3.63, 3.8) is 0 Å². The molecule has 0 amide bonds. The van der Waals surface area contributed by atoms with E-state index >= 15 is 0 Å². The van der Waals surface area contributed by atoms with Gasteiger partial charge in [-0.3, -0.25) is 0 Å². The van der Waals surface area contributed by atoms with E-state index in [1.165, 1.54) is 0 Å². The molecule has 1 aromatic rings. The Morgan fingerprint density at radius 1 is 1.43 bits per heavy atom. The van der Waals surface area contributed by atoms with Crippen molar-refractivity contribution in [1.29, 1.82) is 0 Å². The Morgan fingerprint density at radius 2 is 2.24 bits per heavy atom. The maximum Gasteiger partial charge on any atom is 0.144 e. The predicted octanol–water partition coefficient (Wildman–Crippen LogP) is 4.06. The molecule has 2 nitrogen and oxygen atoms in total. The molecule has 0 aromatic heterocycles. The molecule has 4 heteroatoms. The van der Waals surface area contributed by atoms with Crippen LogP contribution in [-0.2, 0) is 11.2 Å². The van der Waals surface area contributed by atoms with Gasteiger partial charge in [-0.1, -0.05) is 37.6 Å². The summed E-state index contributed by atoms with van der Waals surface area (Å²) >= 11 is 5.90. The fourth-order valence-electron chi connectivity index (χ4n) is 2.97. The highest BCUT2D eigenvalue weighted by Gasteiger charge is 2.33. The summed E-state index contributed by atoms with van der Waals surface area (Å²) in [7, 11) is 0. The van der Waals surface area contributed by atoms with E-state index in [0.29, 0.717) is 24.5 Å². The third-order valence-electron chi connectivity index (χ3n) is 4.05. The van der Waals surface area contributed by atoms with Crippen LogP contribution in [0.25, 0.3) is 0 Å². The quantitative estimate of drug-likeness (QED) is 0.855. The van der Waals surface area contributed by atoms with Crippen molar-refractivity contribution in [2.24, 2.45) is 11.3 Å². The van der Waals surface area contributed by atoms with Crippen molar-refractivity contribution in [1.82, 2.24) is 5.32 Å². The zero-order chi connectivity index (χ0) is 15.3. The van der Waals surface area contributed by atoms with Crippen LogP contribution in [0, 0.1) is 17.2 Å². The van der Waals surface area contributed by atoms with E-state index in [2.05, 4.69) is 19.2 Å². The van der Waals surface area contributed by atoms with Crippen LogP contribution < -0.4 is 5.32 Å². The zero-order valence-corrected chi connectivity index (χ0v) is 13.7. The molecule has 0 radical (unpaired) electrons. The highest BCUT2D eigenvalue weighted by atomic mass is 35.5. The normalized spacial score (nSPS) is 22.7. The fraction of sp³-hybridized carbons (Fsp3) is 0.647. The van der Waals surface area contributed by atoms with Crippen molar-refractivity contribution >= 4 is 11.6 Å². The van der Waals surface area contributed by atoms with Crippen molar-refractivity contribution in [3.05, 3.63) is 34.6 Å². The molecule has 21 heavy (non-hydrogen) atoms. The van der Waals surface area contributed by atoms with Gasteiger partial charge in [0.15, 0.2) is 0 Å². The highest BCUT2D eigenvalue weighted by Crippen LogP contribution is 2.34. The van der Waals surface area contributed by atoms with Crippen molar-refractivity contribution in [3.8, 4) is 0 Å². The maximum absolute atomic E-state index is 14.2. The Bertz CT molecular complexity index is 458. The molecule has 1 N–H and O–H groups in total. The molecule has 1 atom stereocenters. The molecule has 1 heterocycles. The van der Waals surface area contributed by atoms with Crippen LogP contribution in [0.4, 0.5) is 4.39 Å². The number of ether oxygens (including phenoxy) is 1. The van der Waals surface area contributed by atoms with E-state index in [1.54, 1.807) is 6.07 Å². The second-order valence-corrected chi connectivity index (χ2v) is 6.98. The van der Waals surface area contributed by atoms with E-state index < -0.39 is 0 Å². The summed E-state index contributed by atoms with van der Waals surface area (Å²) in [4.78, 5) is 0. The molecule has 0 aliphatic carbocycles. The summed E-state index contributed by atoms with van der Waals surface area (Å²) in [6, 6.07) is 5.25. The van der Waals surface area contributed by atoms with Gasteiger partial charge < -0.3 is 10.1 Å². The van der Waals surface area contributed by atoms with E-state index in [9.17, 15) is 4.39 Å². The van der Waals surface area contributed by atoms with Gasteiger partial charge in [-0.15, -0.1) is 0 Å². The molecule has 1 aliphatic rings. The van der Waals surface area contributed by atoms with E-state index in [-0.39, 0.29) is 16.3 Å². The first-order chi connectivity index (χ1) is 10.0.